The number of ether oxygens (including phenoxy) is 2. The molecule has 0 radical (unpaired) electrons. The van der Waals surface area contributed by atoms with Crippen LogP contribution in [0.1, 0.15) is 59.4 Å². The first-order valence-corrected chi connectivity index (χ1v) is 16.7. The van der Waals surface area contributed by atoms with E-state index in [4.69, 9.17) is 9.47 Å². The van der Waals surface area contributed by atoms with Crippen LogP contribution in [-0.4, -0.2) is 79.3 Å². The van der Waals surface area contributed by atoms with E-state index in [0.717, 1.165) is 12.0 Å². The largest absolute Gasteiger partial charge is 0.454 e. The summed E-state index contributed by atoms with van der Waals surface area (Å²) in [5.41, 5.74) is 3.24. The molecule has 3 N–H and O–H groups in total. The van der Waals surface area contributed by atoms with E-state index in [-0.39, 0.29) is 55.4 Å². The average Bonchev–Trinajstić information content (AvgIpc) is 3.66. The predicted octanol–water partition coefficient (Wildman–Crippen LogP) is 3.08. The number of nitrogens with zero attached hydrogens (tertiary/aromatic N) is 2. The van der Waals surface area contributed by atoms with E-state index >= 15 is 0 Å². The Morgan fingerprint density at radius 1 is 1.07 bits per heavy atom. The molecule has 44 heavy (non-hydrogen) atoms. The van der Waals surface area contributed by atoms with Gasteiger partial charge in [-0.2, -0.15) is 4.31 Å². The number of fused-ring (bicyclic) bond motifs is 1. The summed E-state index contributed by atoms with van der Waals surface area (Å²) in [6, 6.07) is 12.3. The van der Waals surface area contributed by atoms with Gasteiger partial charge in [0.1, 0.15) is 0 Å². The molecule has 2 aromatic rings. The number of nitrogens with one attached hydrogen (secondary N) is 2. The number of hydrazine groups is 1. The summed E-state index contributed by atoms with van der Waals surface area (Å²) in [7, 11) is -4.09. The van der Waals surface area contributed by atoms with Crippen LogP contribution >= 0.6 is 0 Å². The predicted molar refractivity (Wildman–Crippen MR) is 166 cm³/mol. The maximum atomic E-state index is 14.0. The van der Waals surface area contributed by atoms with E-state index in [2.05, 4.69) is 10.7 Å². The van der Waals surface area contributed by atoms with E-state index < -0.39 is 33.6 Å². The molecule has 1 unspecified atom stereocenters. The molecule has 2 heterocycles. The van der Waals surface area contributed by atoms with Gasteiger partial charge in [-0.05, 0) is 54.8 Å². The fourth-order valence-electron chi connectivity index (χ4n) is 5.42. The van der Waals surface area contributed by atoms with E-state index in [1.54, 1.807) is 6.07 Å². The lowest BCUT2D eigenvalue weighted by Crippen LogP contribution is -2.61. The Kier molecular flexibility index (Phi) is 10.9. The second-order valence-corrected chi connectivity index (χ2v) is 15.1. The van der Waals surface area contributed by atoms with Crippen molar-refractivity contribution in [1.29, 1.82) is 0 Å². The number of rotatable bonds is 12. The van der Waals surface area contributed by atoms with Crippen molar-refractivity contribution in [3.63, 3.8) is 0 Å². The van der Waals surface area contributed by atoms with Crippen molar-refractivity contribution in [3.8, 4) is 11.5 Å². The minimum absolute atomic E-state index is 0.00888. The zero-order valence-corrected chi connectivity index (χ0v) is 27.1. The minimum atomic E-state index is -4.09. The van der Waals surface area contributed by atoms with Crippen LogP contribution in [0.25, 0.3) is 0 Å². The lowest BCUT2D eigenvalue weighted by Gasteiger charge is -2.38. The van der Waals surface area contributed by atoms with Gasteiger partial charge in [-0.15, -0.1) is 0 Å². The van der Waals surface area contributed by atoms with E-state index in [0.29, 0.717) is 24.5 Å². The summed E-state index contributed by atoms with van der Waals surface area (Å²) < 4.78 is 40.0. The van der Waals surface area contributed by atoms with E-state index in [1.165, 1.54) is 21.4 Å². The summed E-state index contributed by atoms with van der Waals surface area (Å²) in [6.07, 6.45) is 0.421. The zero-order valence-electron chi connectivity index (χ0n) is 26.3. The standard InChI is InChI=1S/C32H46N4O7S/c1-22(2)19-35(44(40,41)24-13-14-28-29(17-24)43-21-42-28)20-27(37)26(16-23-10-7-6-8-11-23)36(30(38)18-32(3,4)5)34-31(39)25-12-9-15-33-25/h6-8,10-11,13-14,17,22,25-27,33,37H,9,12,15-16,18-21H2,1-5H3,(H,34,39)/t25?,26-,27+/m0/s1. The second kappa shape index (κ2) is 14.3. The molecule has 0 aliphatic carbocycles. The van der Waals surface area contributed by atoms with Crippen molar-refractivity contribution >= 4 is 21.8 Å². The first-order chi connectivity index (χ1) is 20.7. The smallest absolute Gasteiger partial charge is 0.255 e. The van der Waals surface area contributed by atoms with Gasteiger partial charge >= 0.3 is 0 Å². The number of hydrogen-bond acceptors (Lipinski definition) is 8. The number of carbonyl (C=O) groups excluding carboxylic acids is 2. The van der Waals surface area contributed by atoms with Crippen LogP contribution in [0.4, 0.5) is 0 Å². The molecule has 0 bridgehead atoms. The number of amides is 2. The van der Waals surface area contributed by atoms with Gasteiger partial charge in [-0.3, -0.25) is 15.0 Å². The van der Waals surface area contributed by atoms with Gasteiger partial charge in [-0.25, -0.2) is 13.4 Å². The molecule has 4 rings (SSSR count). The third-order valence-electron chi connectivity index (χ3n) is 7.56. The molecule has 2 amide bonds. The van der Waals surface area contributed by atoms with Crippen molar-refractivity contribution in [2.45, 2.75) is 83.4 Å². The third-order valence-corrected chi connectivity index (χ3v) is 9.39. The second-order valence-electron chi connectivity index (χ2n) is 13.2. The molecule has 2 aliphatic rings. The summed E-state index contributed by atoms with van der Waals surface area (Å²) in [6.45, 7) is 10.1. The van der Waals surface area contributed by atoms with Crippen molar-refractivity contribution in [3.05, 3.63) is 54.1 Å². The average molecular weight is 631 g/mol. The van der Waals surface area contributed by atoms with Crippen molar-refractivity contribution < 1.29 is 32.6 Å². The Morgan fingerprint density at radius 2 is 1.77 bits per heavy atom. The van der Waals surface area contributed by atoms with Gasteiger partial charge in [-0.1, -0.05) is 65.0 Å². The molecule has 0 spiro atoms. The lowest BCUT2D eigenvalue weighted by molar-refractivity contribution is -0.150. The molecule has 2 aromatic carbocycles. The van der Waals surface area contributed by atoms with Crippen LogP contribution in [0.15, 0.2) is 53.4 Å². The molecule has 1 fully saturated rings. The van der Waals surface area contributed by atoms with Crippen molar-refractivity contribution in [2.24, 2.45) is 11.3 Å². The molecular formula is C32H46N4O7S. The van der Waals surface area contributed by atoms with Gasteiger partial charge in [0.25, 0.3) is 5.91 Å². The van der Waals surface area contributed by atoms with Crippen LogP contribution in [0.5, 0.6) is 11.5 Å². The van der Waals surface area contributed by atoms with Gasteiger partial charge < -0.3 is 19.9 Å². The molecule has 12 heteroatoms. The molecule has 2 aliphatic heterocycles. The Morgan fingerprint density at radius 3 is 2.41 bits per heavy atom. The number of aliphatic hydroxyl groups excluding tert-OH is 1. The zero-order chi connectivity index (χ0) is 32.1. The van der Waals surface area contributed by atoms with Crippen LogP contribution in [0.2, 0.25) is 0 Å². The van der Waals surface area contributed by atoms with Crippen molar-refractivity contribution in [1.82, 2.24) is 20.1 Å². The van der Waals surface area contributed by atoms with Crippen LogP contribution in [0, 0.1) is 11.3 Å². The van der Waals surface area contributed by atoms with Crippen LogP contribution in [0.3, 0.4) is 0 Å². The first kappa shape index (κ1) is 33.7. The highest BCUT2D eigenvalue weighted by molar-refractivity contribution is 7.89. The van der Waals surface area contributed by atoms with E-state index in [9.17, 15) is 23.1 Å². The van der Waals surface area contributed by atoms with Gasteiger partial charge in [0, 0.05) is 25.6 Å². The Hall–Kier alpha value is -3.19. The molecule has 3 atom stereocenters. The number of benzene rings is 2. The highest BCUT2D eigenvalue weighted by Gasteiger charge is 2.38. The fraction of sp³-hybridized carbons (Fsp3) is 0.562. The molecule has 0 aromatic heterocycles. The van der Waals surface area contributed by atoms with Gasteiger partial charge in [0.15, 0.2) is 11.5 Å². The van der Waals surface area contributed by atoms with Gasteiger partial charge in [0.05, 0.1) is 23.1 Å². The third kappa shape index (κ3) is 8.71. The fourth-order valence-corrected chi connectivity index (χ4v) is 7.06. The first-order valence-electron chi connectivity index (χ1n) is 15.2. The number of aliphatic hydroxyl groups is 1. The number of carbonyl (C=O) groups is 2. The van der Waals surface area contributed by atoms with Crippen LogP contribution < -0.4 is 20.2 Å². The summed E-state index contributed by atoms with van der Waals surface area (Å²) >= 11 is 0. The monoisotopic (exact) mass is 630 g/mol. The minimum Gasteiger partial charge on any atom is -0.454 e. The summed E-state index contributed by atoms with van der Waals surface area (Å²) in [5, 5.41) is 16.3. The SMILES string of the molecule is CC(C)CN(C[C@@H](O)[C@H](Cc1ccccc1)N(NC(=O)C1CCCN1)C(=O)CC(C)(C)C)S(=O)(=O)c1ccc2c(c1)OCO2. The topological polar surface area (TPSA) is 138 Å². The van der Waals surface area contributed by atoms with E-state index in [1.807, 2.05) is 65.0 Å². The Labute approximate surface area is 260 Å². The highest BCUT2D eigenvalue weighted by atomic mass is 32.2. The van der Waals surface area contributed by atoms with Gasteiger partial charge in [0.2, 0.25) is 22.7 Å². The quantitative estimate of drug-likeness (QED) is 0.305. The maximum absolute atomic E-state index is 14.0. The Balaban J connectivity index is 1.69. The molecule has 242 valence electrons. The molecule has 0 saturated carbocycles. The summed E-state index contributed by atoms with van der Waals surface area (Å²) in [5.74, 6) is 0.00769. The lowest BCUT2D eigenvalue weighted by atomic mass is 9.91. The maximum Gasteiger partial charge on any atom is 0.255 e. The van der Waals surface area contributed by atoms with Crippen LogP contribution in [-0.2, 0) is 26.0 Å². The molecule has 1 saturated heterocycles. The Bertz CT molecular complexity index is 1390. The normalized spacial score (nSPS) is 18.0. The summed E-state index contributed by atoms with van der Waals surface area (Å²) in [4.78, 5) is 27.2. The van der Waals surface area contributed by atoms with Crippen molar-refractivity contribution in [2.75, 3.05) is 26.4 Å². The molecular weight excluding hydrogens is 584 g/mol. The highest BCUT2D eigenvalue weighted by Crippen LogP contribution is 2.35. The number of hydrogen-bond donors (Lipinski definition) is 3. The number of sulfonamides is 1. The molecule has 11 nitrogen and oxygen atoms in total.